The third-order valence-electron chi connectivity index (χ3n) is 5.23. The molecule has 0 aliphatic carbocycles. The number of anilines is 1. The van der Waals surface area contributed by atoms with Gasteiger partial charge in [-0.1, -0.05) is 43.4 Å². The van der Waals surface area contributed by atoms with Crippen molar-refractivity contribution < 1.29 is 4.79 Å². The van der Waals surface area contributed by atoms with Gasteiger partial charge in [-0.2, -0.15) is 0 Å². The number of nitrogens with zero attached hydrogens (tertiary/aromatic N) is 4. The summed E-state index contributed by atoms with van der Waals surface area (Å²) in [7, 11) is 0. The lowest BCUT2D eigenvalue weighted by Gasteiger charge is -2.07. The average Bonchev–Trinajstić information content (AvgIpc) is 3.30. The Hall–Kier alpha value is -3.06. The normalized spacial score (nSPS) is 11.4. The SMILES string of the molecule is Cc1ccc(-c2nc3c(C)cccn3c2CC(=O)Nc2nnc(C(C)C)s2)cc1C. The molecule has 0 saturated heterocycles. The van der Waals surface area contributed by atoms with Gasteiger partial charge in [0.05, 0.1) is 17.8 Å². The van der Waals surface area contributed by atoms with E-state index in [9.17, 15) is 4.79 Å². The lowest BCUT2D eigenvalue weighted by atomic mass is 10.0. The third kappa shape index (κ3) is 3.85. The predicted molar refractivity (Wildman–Crippen MR) is 121 cm³/mol. The number of carbonyl (C=O) groups excluding carboxylic acids is 1. The first-order chi connectivity index (χ1) is 14.3. The summed E-state index contributed by atoms with van der Waals surface area (Å²) in [5.41, 5.74) is 7.08. The smallest absolute Gasteiger partial charge is 0.232 e. The fraction of sp³-hybridized carbons (Fsp3) is 0.304. The van der Waals surface area contributed by atoms with Crippen molar-refractivity contribution in [2.24, 2.45) is 0 Å². The molecule has 0 saturated carbocycles. The van der Waals surface area contributed by atoms with Crippen LogP contribution in [0, 0.1) is 20.8 Å². The molecule has 0 unspecified atom stereocenters. The van der Waals surface area contributed by atoms with Crippen molar-refractivity contribution in [1.82, 2.24) is 19.6 Å². The summed E-state index contributed by atoms with van der Waals surface area (Å²) < 4.78 is 2.01. The van der Waals surface area contributed by atoms with E-state index < -0.39 is 0 Å². The van der Waals surface area contributed by atoms with Gasteiger partial charge in [0.25, 0.3) is 0 Å². The molecule has 6 nitrogen and oxygen atoms in total. The van der Waals surface area contributed by atoms with E-state index in [1.807, 2.05) is 29.7 Å². The molecule has 0 aliphatic rings. The van der Waals surface area contributed by atoms with Crippen LogP contribution in [-0.4, -0.2) is 25.5 Å². The van der Waals surface area contributed by atoms with Crippen molar-refractivity contribution in [2.45, 2.75) is 47.0 Å². The molecular weight excluding hydrogens is 394 g/mol. The summed E-state index contributed by atoms with van der Waals surface area (Å²) >= 11 is 1.42. The Morgan fingerprint density at radius 1 is 1.10 bits per heavy atom. The molecule has 3 heterocycles. The topological polar surface area (TPSA) is 72.2 Å². The summed E-state index contributed by atoms with van der Waals surface area (Å²) in [6.45, 7) is 10.3. The highest BCUT2D eigenvalue weighted by molar-refractivity contribution is 7.15. The molecule has 1 amide bonds. The number of fused-ring (bicyclic) bond motifs is 1. The molecule has 0 spiro atoms. The van der Waals surface area contributed by atoms with Crippen LogP contribution in [0.3, 0.4) is 0 Å². The van der Waals surface area contributed by atoms with Crippen molar-refractivity contribution >= 4 is 28.0 Å². The number of hydrogen-bond acceptors (Lipinski definition) is 5. The van der Waals surface area contributed by atoms with Crippen LogP contribution in [0.5, 0.6) is 0 Å². The third-order valence-corrected chi connectivity index (χ3v) is 6.37. The van der Waals surface area contributed by atoms with Gasteiger partial charge in [-0.3, -0.25) is 4.79 Å². The standard InChI is InChI=1S/C23H25N5OS/c1-13(2)22-26-27-23(30-22)24-19(29)12-18-20(17-9-8-14(3)16(5)11-17)25-21-15(4)7-6-10-28(18)21/h6-11,13H,12H2,1-5H3,(H,24,27,29). The minimum Gasteiger partial charge on any atom is -0.303 e. The second-order valence-corrected chi connectivity index (χ2v) is 8.93. The second kappa shape index (κ2) is 7.99. The van der Waals surface area contributed by atoms with E-state index in [-0.39, 0.29) is 18.2 Å². The quantitative estimate of drug-likeness (QED) is 0.489. The van der Waals surface area contributed by atoms with Crippen LogP contribution in [0.15, 0.2) is 36.5 Å². The van der Waals surface area contributed by atoms with Crippen molar-refractivity contribution in [2.75, 3.05) is 5.32 Å². The number of imidazole rings is 1. The van der Waals surface area contributed by atoms with Gasteiger partial charge >= 0.3 is 0 Å². The molecule has 3 aromatic heterocycles. The highest BCUT2D eigenvalue weighted by Crippen LogP contribution is 2.28. The van der Waals surface area contributed by atoms with Gasteiger partial charge in [-0.05, 0) is 49.6 Å². The zero-order chi connectivity index (χ0) is 21.4. The van der Waals surface area contributed by atoms with Gasteiger partial charge in [0, 0.05) is 17.7 Å². The van der Waals surface area contributed by atoms with Crippen LogP contribution in [0.1, 0.15) is 47.2 Å². The number of nitrogens with one attached hydrogen (secondary N) is 1. The molecular formula is C23H25N5OS. The van der Waals surface area contributed by atoms with E-state index in [1.165, 1.54) is 22.5 Å². The van der Waals surface area contributed by atoms with Crippen molar-refractivity contribution in [1.29, 1.82) is 0 Å². The van der Waals surface area contributed by atoms with Gasteiger partial charge in [0.15, 0.2) is 0 Å². The summed E-state index contributed by atoms with van der Waals surface area (Å²) in [5.74, 6) is 0.154. The second-order valence-electron chi connectivity index (χ2n) is 7.92. The molecule has 0 radical (unpaired) electrons. The number of pyridine rings is 1. The molecule has 1 aromatic carbocycles. The maximum Gasteiger partial charge on any atom is 0.232 e. The van der Waals surface area contributed by atoms with E-state index in [4.69, 9.17) is 4.98 Å². The zero-order valence-electron chi connectivity index (χ0n) is 17.9. The average molecular weight is 420 g/mol. The van der Waals surface area contributed by atoms with Crippen LogP contribution >= 0.6 is 11.3 Å². The molecule has 0 aliphatic heterocycles. The molecule has 4 rings (SSSR count). The zero-order valence-corrected chi connectivity index (χ0v) is 18.7. The van der Waals surface area contributed by atoms with Crippen molar-refractivity contribution in [3.8, 4) is 11.3 Å². The number of aryl methyl sites for hydroxylation is 3. The first-order valence-corrected chi connectivity index (χ1v) is 10.8. The number of aromatic nitrogens is 4. The van der Waals surface area contributed by atoms with Gasteiger partial charge in [0.1, 0.15) is 10.7 Å². The maximum atomic E-state index is 12.9. The molecule has 4 aromatic rings. The number of rotatable bonds is 5. The molecule has 0 atom stereocenters. The highest BCUT2D eigenvalue weighted by atomic mass is 32.1. The Labute approximate surface area is 180 Å². The minimum atomic E-state index is -0.130. The van der Waals surface area contributed by atoms with Gasteiger partial charge < -0.3 is 9.72 Å². The monoisotopic (exact) mass is 419 g/mol. The molecule has 7 heteroatoms. The van der Waals surface area contributed by atoms with Crippen LogP contribution in [0.2, 0.25) is 0 Å². The fourth-order valence-corrected chi connectivity index (χ4v) is 4.14. The Bertz CT molecular complexity index is 1240. The van der Waals surface area contributed by atoms with E-state index >= 15 is 0 Å². The van der Waals surface area contributed by atoms with Crippen molar-refractivity contribution in [3.05, 3.63) is 63.9 Å². The van der Waals surface area contributed by atoms with E-state index in [0.717, 1.165) is 33.2 Å². The molecule has 154 valence electrons. The number of benzene rings is 1. The van der Waals surface area contributed by atoms with Crippen molar-refractivity contribution in [3.63, 3.8) is 0 Å². The predicted octanol–water partition coefficient (Wildman–Crippen LogP) is 5.08. The minimum absolute atomic E-state index is 0.130. The Kier molecular flexibility index (Phi) is 5.39. The van der Waals surface area contributed by atoms with Crippen LogP contribution < -0.4 is 5.32 Å². The Morgan fingerprint density at radius 3 is 2.60 bits per heavy atom. The molecule has 30 heavy (non-hydrogen) atoms. The van der Waals surface area contributed by atoms with E-state index in [2.05, 4.69) is 61.4 Å². The Morgan fingerprint density at radius 2 is 1.90 bits per heavy atom. The number of amides is 1. The van der Waals surface area contributed by atoms with Crippen LogP contribution in [0.25, 0.3) is 16.9 Å². The maximum absolute atomic E-state index is 12.9. The summed E-state index contributed by atoms with van der Waals surface area (Å²) in [5, 5.41) is 12.6. The summed E-state index contributed by atoms with van der Waals surface area (Å²) in [4.78, 5) is 17.8. The lowest BCUT2D eigenvalue weighted by molar-refractivity contribution is -0.115. The molecule has 0 fully saturated rings. The summed E-state index contributed by atoms with van der Waals surface area (Å²) in [6, 6.07) is 10.3. The molecule has 1 N–H and O–H groups in total. The first-order valence-electron chi connectivity index (χ1n) is 10.0. The lowest BCUT2D eigenvalue weighted by Crippen LogP contribution is -2.16. The van der Waals surface area contributed by atoms with E-state index in [0.29, 0.717) is 5.13 Å². The van der Waals surface area contributed by atoms with Crippen LogP contribution in [0.4, 0.5) is 5.13 Å². The largest absolute Gasteiger partial charge is 0.303 e. The first kappa shape index (κ1) is 20.2. The fourth-order valence-electron chi connectivity index (χ4n) is 3.38. The highest BCUT2D eigenvalue weighted by Gasteiger charge is 2.19. The van der Waals surface area contributed by atoms with Crippen LogP contribution in [-0.2, 0) is 11.2 Å². The number of hydrogen-bond donors (Lipinski definition) is 1. The van der Waals surface area contributed by atoms with Gasteiger partial charge in [0.2, 0.25) is 11.0 Å². The number of carbonyl (C=O) groups is 1. The molecule has 0 bridgehead atoms. The summed E-state index contributed by atoms with van der Waals surface area (Å²) in [6.07, 6.45) is 2.16. The van der Waals surface area contributed by atoms with Gasteiger partial charge in [-0.25, -0.2) is 4.98 Å². The Balaban J connectivity index is 1.72. The van der Waals surface area contributed by atoms with Gasteiger partial charge in [-0.15, -0.1) is 10.2 Å². The van der Waals surface area contributed by atoms with E-state index in [1.54, 1.807) is 0 Å².